The largest absolute Gasteiger partial charge is 0.396 e. The first-order valence-electron chi connectivity index (χ1n) is 7.21. The molecule has 1 fully saturated rings. The number of halogens is 1. The number of nitrogens with zero attached hydrogens (tertiary/aromatic N) is 2. The molecule has 1 aliphatic heterocycles. The fraction of sp³-hybridized carbons (Fsp3) is 0.786. The summed E-state index contributed by atoms with van der Waals surface area (Å²) < 4.78 is 7.09. The third-order valence-corrected chi connectivity index (χ3v) is 4.65. The van der Waals surface area contributed by atoms with Crippen molar-refractivity contribution in [2.75, 3.05) is 26.4 Å². The van der Waals surface area contributed by atoms with Crippen LogP contribution in [0.15, 0.2) is 0 Å². The molecule has 0 atom stereocenters. The van der Waals surface area contributed by atoms with Gasteiger partial charge in [-0.25, -0.2) is 0 Å². The minimum absolute atomic E-state index is 0.0562. The van der Waals surface area contributed by atoms with Crippen LogP contribution in [0, 0.1) is 5.41 Å². The average Bonchev–Trinajstić information content (AvgIpc) is 2.76. The molecule has 6 heteroatoms. The molecule has 2 rings (SSSR count). The highest BCUT2D eigenvalue weighted by molar-refractivity contribution is 6.30. The Balaban J connectivity index is 1.95. The predicted octanol–water partition coefficient (Wildman–Crippen LogP) is 1.51. The van der Waals surface area contributed by atoms with Crippen LogP contribution in [0.2, 0.25) is 5.15 Å². The lowest BCUT2D eigenvalue weighted by Crippen LogP contribution is -2.41. The normalized spacial score (nSPS) is 18.4. The number of aryl methyl sites for hydroxylation is 2. The van der Waals surface area contributed by atoms with E-state index in [1.165, 1.54) is 0 Å². The second kappa shape index (κ2) is 6.89. The highest BCUT2D eigenvalue weighted by Crippen LogP contribution is 2.29. The smallest absolute Gasteiger partial charge is 0.131 e. The molecule has 0 aromatic carbocycles. The van der Waals surface area contributed by atoms with Gasteiger partial charge in [-0.15, -0.1) is 0 Å². The van der Waals surface area contributed by atoms with Crippen molar-refractivity contribution in [2.45, 2.75) is 32.7 Å². The zero-order valence-electron chi connectivity index (χ0n) is 12.3. The third kappa shape index (κ3) is 3.34. The van der Waals surface area contributed by atoms with Crippen molar-refractivity contribution in [3.63, 3.8) is 0 Å². The summed E-state index contributed by atoms with van der Waals surface area (Å²) in [6.45, 7) is 5.21. The van der Waals surface area contributed by atoms with Crippen molar-refractivity contribution in [3.8, 4) is 0 Å². The van der Waals surface area contributed by atoms with Gasteiger partial charge in [-0.2, -0.15) is 5.10 Å². The molecule has 0 saturated carbocycles. The first kappa shape index (κ1) is 15.8. The van der Waals surface area contributed by atoms with E-state index in [0.717, 1.165) is 50.3 Å². The molecule has 114 valence electrons. The summed E-state index contributed by atoms with van der Waals surface area (Å²) in [5, 5.41) is 18.2. The van der Waals surface area contributed by atoms with Gasteiger partial charge in [-0.05, 0) is 19.3 Å². The van der Waals surface area contributed by atoms with E-state index in [0.29, 0.717) is 11.7 Å². The lowest BCUT2D eigenvalue weighted by molar-refractivity contribution is -0.0154. The first-order chi connectivity index (χ1) is 9.62. The predicted molar refractivity (Wildman–Crippen MR) is 78.9 cm³/mol. The summed E-state index contributed by atoms with van der Waals surface area (Å²) in [5.41, 5.74) is 2.05. The Labute approximate surface area is 125 Å². The molecule has 1 aromatic heterocycles. The molecule has 1 aliphatic rings. The summed E-state index contributed by atoms with van der Waals surface area (Å²) in [4.78, 5) is 0. The van der Waals surface area contributed by atoms with Crippen LogP contribution in [0.3, 0.4) is 0 Å². The van der Waals surface area contributed by atoms with Crippen molar-refractivity contribution < 1.29 is 9.84 Å². The van der Waals surface area contributed by atoms with Crippen LogP contribution < -0.4 is 5.32 Å². The van der Waals surface area contributed by atoms with Crippen LogP contribution >= 0.6 is 11.6 Å². The second-order valence-corrected chi connectivity index (χ2v) is 5.93. The van der Waals surface area contributed by atoms with Crippen LogP contribution in [0.1, 0.15) is 31.0 Å². The van der Waals surface area contributed by atoms with Crippen LogP contribution in [0.5, 0.6) is 0 Å². The van der Waals surface area contributed by atoms with E-state index < -0.39 is 0 Å². The molecule has 1 saturated heterocycles. The lowest BCUT2D eigenvalue weighted by Gasteiger charge is -2.35. The molecule has 2 N–H and O–H groups in total. The van der Waals surface area contributed by atoms with Crippen molar-refractivity contribution >= 4 is 11.6 Å². The van der Waals surface area contributed by atoms with Gasteiger partial charge in [-0.3, -0.25) is 4.68 Å². The Morgan fingerprint density at radius 3 is 2.75 bits per heavy atom. The Bertz CT molecular complexity index is 442. The van der Waals surface area contributed by atoms with Gasteiger partial charge in [-0.1, -0.05) is 18.5 Å². The summed E-state index contributed by atoms with van der Waals surface area (Å²) in [6.07, 6.45) is 2.67. The average molecular weight is 302 g/mol. The molecule has 0 amide bonds. The van der Waals surface area contributed by atoms with E-state index in [1.54, 1.807) is 4.68 Å². The van der Waals surface area contributed by atoms with Crippen LogP contribution in [0.25, 0.3) is 0 Å². The highest BCUT2D eigenvalue weighted by atomic mass is 35.5. The lowest BCUT2D eigenvalue weighted by atomic mass is 9.81. The molecule has 0 radical (unpaired) electrons. The number of aliphatic hydroxyl groups excluding tert-OH is 1. The van der Waals surface area contributed by atoms with Gasteiger partial charge in [0.2, 0.25) is 0 Å². The molecule has 5 nitrogen and oxygen atoms in total. The number of hydrogen-bond acceptors (Lipinski definition) is 4. The number of ether oxygens (including phenoxy) is 1. The zero-order chi connectivity index (χ0) is 14.6. The maximum absolute atomic E-state index is 9.66. The molecule has 0 aliphatic carbocycles. The molecule has 0 spiro atoms. The molecule has 1 aromatic rings. The number of rotatable bonds is 6. The van der Waals surface area contributed by atoms with Crippen LogP contribution in [-0.2, 0) is 24.8 Å². The monoisotopic (exact) mass is 301 g/mol. The van der Waals surface area contributed by atoms with Crippen molar-refractivity contribution in [1.82, 2.24) is 15.1 Å². The maximum atomic E-state index is 9.66. The molecular weight excluding hydrogens is 278 g/mol. The molecular formula is C14H24ClN3O2. The molecule has 2 heterocycles. The van der Waals surface area contributed by atoms with Gasteiger partial charge in [0.05, 0.1) is 12.3 Å². The Morgan fingerprint density at radius 2 is 2.15 bits per heavy atom. The number of nitrogens with one attached hydrogen (secondary N) is 1. The molecule has 20 heavy (non-hydrogen) atoms. The summed E-state index contributed by atoms with van der Waals surface area (Å²) in [6, 6.07) is 0. The zero-order valence-corrected chi connectivity index (χ0v) is 13.0. The number of aromatic nitrogens is 2. The van der Waals surface area contributed by atoms with E-state index in [9.17, 15) is 5.11 Å². The van der Waals surface area contributed by atoms with Gasteiger partial charge >= 0.3 is 0 Å². The van der Waals surface area contributed by atoms with E-state index in [-0.39, 0.29) is 12.0 Å². The highest BCUT2D eigenvalue weighted by Gasteiger charge is 2.31. The first-order valence-corrected chi connectivity index (χ1v) is 7.59. The maximum Gasteiger partial charge on any atom is 0.131 e. The Kier molecular flexibility index (Phi) is 5.43. The standard InChI is InChI=1S/C14H24ClN3O2/c1-3-12-11(13(15)18(2)17-12)8-16-9-14(10-19)4-6-20-7-5-14/h16,19H,3-10H2,1-2H3. The van der Waals surface area contributed by atoms with E-state index in [2.05, 4.69) is 17.3 Å². The van der Waals surface area contributed by atoms with Gasteiger partial charge in [0.1, 0.15) is 5.15 Å². The third-order valence-electron chi connectivity index (χ3n) is 4.18. The van der Waals surface area contributed by atoms with Gasteiger partial charge in [0.25, 0.3) is 0 Å². The molecule has 0 bridgehead atoms. The fourth-order valence-corrected chi connectivity index (χ4v) is 2.92. The summed E-state index contributed by atoms with van der Waals surface area (Å²) in [5.74, 6) is 0. The van der Waals surface area contributed by atoms with Crippen molar-refractivity contribution in [1.29, 1.82) is 0 Å². The number of hydrogen-bond donors (Lipinski definition) is 2. The van der Waals surface area contributed by atoms with Gasteiger partial charge < -0.3 is 15.2 Å². The topological polar surface area (TPSA) is 59.3 Å². The van der Waals surface area contributed by atoms with E-state index in [1.807, 2.05) is 7.05 Å². The van der Waals surface area contributed by atoms with Gasteiger partial charge in [0, 0.05) is 44.3 Å². The Hall–Kier alpha value is -0.620. The Morgan fingerprint density at radius 1 is 1.45 bits per heavy atom. The minimum Gasteiger partial charge on any atom is -0.396 e. The van der Waals surface area contributed by atoms with Crippen molar-refractivity contribution in [2.24, 2.45) is 12.5 Å². The summed E-state index contributed by atoms with van der Waals surface area (Å²) in [7, 11) is 1.86. The van der Waals surface area contributed by atoms with Gasteiger partial charge in [0.15, 0.2) is 0 Å². The summed E-state index contributed by atoms with van der Waals surface area (Å²) >= 11 is 6.27. The van der Waals surface area contributed by atoms with E-state index >= 15 is 0 Å². The van der Waals surface area contributed by atoms with Crippen LogP contribution in [-0.4, -0.2) is 41.3 Å². The SMILES string of the molecule is CCc1nn(C)c(Cl)c1CNCC1(CO)CCOCC1. The van der Waals surface area contributed by atoms with Crippen molar-refractivity contribution in [3.05, 3.63) is 16.4 Å². The van der Waals surface area contributed by atoms with Crippen LogP contribution in [0.4, 0.5) is 0 Å². The number of aliphatic hydroxyl groups is 1. The molecule has 0 unspecified atom stereocenters. The van der Waals surface area contributed by atoms with E-state index in [4.69, 9.17) is 16.3 Å². The second-order valence-electron chi connectivity index (χ2n) is 5.57. The fourth-order valence-electron chi connectivity index (χ4n) is 2.71. The quantitative estimate of drug-likeness (QED) is 0.836. The minimum atomic E-state index is -0.0562.